The Morgan fingerprint density at radius 3 is 2.36 bits per heavy atom. The van der Waals surface area contributed by atoms with Crippen molar-refractivity contribution < 1.29 is 32.2 Å². The van der Waals surface area contributed by atoms with Gasteiger partial charge in [-0.15, -0.1) is 0 Å². The molecule has 0 bridgehead atoms. The van der Waals surface area contributed by atoms with Gasteiger partial charge in [0.25, 0.3) is 5.56 Å². The number of ether oxygens (including phenoxy) is 2. The third-order valence-electron chi connectivity index (χ3n) is 3.87. The van der Waals surface area contributed by atoms with Crippen molar-refractivity contribution in [1.29, 1.82) is 0 Å². The maximum Gasteiger partial charge on any atom is 0.425 e. The highest BCUT2D eigenvalue weighted by atomic mass is 35.6. The minimum Gasteiger partial charge on any atom is -0.444 e. The predicted octanol–water partition coefficient (Wildman–Crippen LogP) is 4.73. The normalized spacial score (nSPS) is 11.9. The molecule has 0 fully saturated rings. The van der Waals surface area contributed by atoms with E-state index in [1.165, 1.54) is 6.07 Å². The van der Waals surface area contributed by atoms with E-state index in [0.717, 1.165) is 10.7 Å². The number of hydrogen-bond acceptors (Lipinski definition) is 6. The molecule has 0 aliphatic heterocycles. The maximum atomic E-state index is 12.6. The number of nitrogens with zero attached hydrogens (tertiary/aromatic N) is 3. The van der Waals surface area contributed by atoms with Crippen molar-refractivity contribution in [3.63, 3.8) is 0 Å². The van der Waals surface area contributed by atoms with Crippen LogP contribution in [0.15, 0.2) is 47.4 Å². The van der Waals surface area contributed by atoms with Crippen LogP contribution in [0.5, 0.6) is 0 Å². The molecular formula is C18H12Cl3F3N4O5. The van der Waals surface area contributed by atoms with Crippen LogP contribution in [-0.4, -0.2) is 50.1 Å². The monoisotopic (exact) mass is 526 g/mol. The number of carbonyl (C=O) groups excluding carboxylic acids is 2. The Morgan fingerprint density at radius 1 is 1.06 bits per heavy atom. The van der Waals surface area contributed by atoms with Crippen LogP contribution in [0.3, 0.4) is 0 Å². The molecule has 3 rings (SSSR count). The largest absolute Gasteiger partial charge is 0.444 e. The molecule has 176 valence electrons. The van der Waals surface area contributed by atoms with Crippen molar-refractivity contribution in [3.05, 3.63) is 52.9 Å². The van der Waals surface area contributed by atoms with Crippen molar-refractivity contribution in [3.8, 4) is 5.69 Å². The van der Waals surface area contributed by atoms with Gasteiger partial charge in [-0.1, -0.05) is 40.9 Å². The summed E-state index contributed by atoms with van der Waals surface area (Å²) >= 11 is 16.6. The number of carbonyl (C=O) groups is 2. The van der Waals surface area contributed by atoms with Crippen molar-refractivity contribution in [2.24, 2.45) is 0 Å². The average Bonchev–Trinajstić information content (AvgIpc) is 3.10. The van der Waals surface area contributed by atoms with Crippen LogP contribution in [0.4, 0.5) is 28.6 Å². The lowest BCUT2D eigenvalue weighted by molar-refractivity contribution is -0.159. The number of alkyl halides is 6. The first-order chi connectivity index (χ1) is 15.3. The molecule has 33 heavy (non-hydrogen) atoms. The lowest BCUT2D eigenvalue weighted by Gasteiger charge is -2.22. The van der Waals surface area contributed by atoms with Gasteiger partial charge in [-0.25, -0.2) is 14.3 Å². The Labute approximate surface area is 197 Å². The first-order valence-corrected chi connectivity index (χ1v) is 9.92. The first kappa shape index (κ1) is 24.7. The van der Waals surface area contributed by atoms with Crippen molar-refractivity contribution in [1.82, 2.24) is 14.8 Å². The summed E-state index contributed by atoms with van der Waals surface area (Å²) in [5.74, 6) is -0.510. The Kier molecular flexibility index (Phi) is 7.10. The topological polar surface area (TPSA) is 107 Å². The second-order valence-corrected chi connectivity index (χ2v) is 8.89. The second-order valence-electron chi connectivity index (χ2n) is 6.37. The number of anilines is 1. The van der Waals surface area contributed by atoms with Crippen molar-refractivity contribution in [2.45, 2.75) is 9.97 Å². The molecule has 9 nitrogen and oxygen atoms in total. The van der Waals surface area contributed by atoms with E-state index in [-0.39, 0.29) is 10.6 Å². The quantitative estimate of drug-likeness (QED) is 0.492. The van der Waals surface area contributed by atoms with Gasteiger partial charge >= 0.3 is 18.4 Å². The van der Waals surface area contributed by atoms with E-state index in [2.05, 4.69) is 14.8 Å². The highest BCUT2D eigenvalue weighted by molar-refractivity contribution is 6.67. The number of rotatable bonds is 4. The Morgan fingerprint density at radius 2 is 1.73 bits per heavy atom. The van der Waals surface area contributed by atoms with Gasteiger partial charge < -0.3 is 9.47 Å². The number of amides is 2. The molecule has 0 spiro atoms. The lowest BCUT2D eigenvalue weighted by atomic mass is 10.2. The fourth-order valence-corrected chi connectivity index (χ4v) is 2.79. The standard InChI is InChI=1S/C18H12Cl3F3N4O5/c19-17(20,21)8-32-15(30)27(16(31)33-9-18(22,23)24)14-7-13(29)26-28(14)11-3-4-12-10(6-11)2-1-5-25-12/h1-7H,8-9H2,(H,26,29). The van der Waals surface area contributed by atoms with E-state index in [4.69, 9.17) is 39.5 Å². The van der Waals surface area contributed by atoms with Crippen LogP contribution in [0.1, 0.15) is 0 Å². The smallest absolute Gasteiger partial charge is 0.425 e. The van der Waals surface area contributed by atoms with Gasteiger partial charge in [0.05, 0.1) is 11.2 Å². The van der Waals surface area contributed by atoms with E-state index in [0.29, 0.717) is 10.9 Å². The van der Waals surface area contributed by atoms with E-state index in [9.17, 15) is 27.6 Å². The number of aromatic amines is 1. The van der Waals surface area contributed by atoms with Gasteiger partial charge in [-0.05, 0) is 24.3 Å². The Balaban J connectivity index is 2.04. The predicted molar refractivity (Wildman–Crippen MR) is 113 cm³/mol. The minimum absolute atomic E-state index is 0.0630. The molecule has 1 N–H and O–H groups in total. The molecular weight excluding hydrogens is 516 g/mol. The van der Waals surface area contributed by atoms with Crippen molar-refractivity contribution in [2.75, 3.05) is 18.1 Å². The number of benzene rings is 1. The van der Waals surface area contributed by atoms with Gasteiger partial charge in [-0.2, -0.15) is 18.1 Å². The van der Waals surface area contributed by atoms with Gasteiger partial charge in [-0.3, -0.25) is 14.9 Å². The number of hydrogen-bond donors (Lipinski definition) is 1. The van der Waals surface area contributed by atoms with Crippen LogP contribution < -0.4 is 10.5 Å². The minimum atomic E-state index is -4.88. The number of H-pyrrole nitrogens is 1. The molecule has 2 heterocycles. The molecule has 0 radical (unpaired) electrons. The van der Waals surface area contributed by atoms with Crippen LogP contribution in [0.2, 0.25) is 0 Å². The van der Waals surface area contributed by atoms with Gasteiger partial charge in [0, 0.05) is 17.6 Å². The molecule has 2 aromatic heterocycles. The maximum absolute atomic E-state index is 12.6. The summed E-state index contributed by atoms with van der Waals surface area (Å²) in [6.45, 7) is -2.85. The number of pyridine rings is 1. The molecule has 0 unspecified atom stereocenters. The zero-order valence-corrected chi connectivity index (χ0v) is 18.4. The highest BCUT2D eigenvalue weighted by Gasteiger charge is 2.36. The fourth-order valence-electron chi connectivity index (χ4n) is 2.62. The number of fused-ring (bicyclic) bond motifs is 1. The van der Waals surface area contributed by atoms with Gasteiger partial charge in [0.15, 0.2) is 12.4 Å². The molecule has 0 atom stereocenters. The number of aromatic nitrogens is 3. The lowest BCUT2D eigenvalue weighted by Crippen LogP contribution is -2.41. The highest BCUT2D eigenvalue weighted by Crippen LogP contribution is 2.28. The number of imide groups is 1. The summed E-state index contributed by atoms with van der Waals surface area (Å²) in [6.07, 6.45) is -6.66. The third-order valence-corrected chi connectivity index (χ3v) is 4.20. The van der Waals surface area contributed by atoms with Crippen LogP contribution in [0.25, 0.3) is 16.6 Å². The van der Waals surface area contributed by atoms with E-state index in [1.54, 1.807) is 30.5 Å². The summed E-state index contributed by atoms with van der Waals surface area (Å²) in [6, 6.07) is 8.76. The molecule has 0 saturated carbocycles. The summed E-state index contributed by atoms with van der Waals surface area (Å²) < 4.78 is 45.4. The summed E-state index contributed by atoms with van der Waals surface area (Å²) in [4.78, 5) is 41.3. The molecule has 3 aromatic rings. The molecule has 0 aliphatic carbocycles. The third kappa shape index (κ3) is 6.53. The molecule has 15 heteroatoms. The Hall–Kier alpha value is -2.96. The number of nitrogens with one attached hydrogen (secondary N) is 1. The zero-order valence-electron chi connectivity index (χ0n) is 16.1. The number of halogens is 6. The summed E-state index contributed by atoms with van der Waals surface area (Å²) in [5.41, 5.74) is 0.0373. The molecule has 0 aliphatic rings. The molecule has 2 amide bonds. The summed E-state index contributed by atoms with van der Waals surface area (Å²) in [5, 5.41) is 2.97. The fraction of sp³-hybridized carbons (Fsp3) is 0.222. The molecule has 0 saturated heterocycles. The van der Waals surface area contributed by atoms with Gasteiger partial charge in [0.1, 0.15) is 6.61 Å². The summed E-state index contributed by atoms with van der Waals surface area (Å²) in [7, 11) is 0. The van der Waals surface area contributed by atoms with E-state index >= 15 is 0 Å². The van der Waals surface area contributed by atoms with E-state index in [1.807, 2.05) is 0 Å². The zero-order chi connectivity index (χ0) is 24.4. The van der Waals surface area contributed by atoms with Crippen LogP contribution in [-0.2, 0) is 9.47 Å². The second kappa shape index (κ2) is 9.49. The Bertz CT molecular complexity index is 1210. The average molecular weight is 528 g/mol. The van der Waals surface area contributed by atoms with Gasteiger partial charge in [0.2, 0.25) is 3.79 Å². The van der Waals surface area contributed by atoms with Crippen molar-refractivity contribution >= 4 is 63.7 Å². The first-order valence-electron chi connectivity index (χ1n) is 8.78. The van der Waals surface area contributed by atoms with Crippen LogP contribution in [0, 0.1) is 0 Å². The molecule has 1 aromatic carbocycles. The van der Waals surface area contributed by atoms with Crippen LogP contribution >= 0.6 is 34.8 Å². The van der Waals surface area contributed by atoms with E-state index < -0.39 is 46.7 Å². The SMILES string of the molecule is O=C(OCC(F)(F)F)N(C(=O)OCC(Cl)(Cl)Cl)c1cc(=O)[nH]n1-c1ccc2ncccc2c1.